The summed E-state index contributed by atoms with van der Waals surface area (Å²) in [6.45, 7) is 5.22. The molecule has 0 aliphatic carbocycles. The number of rotatable bonds is 3. The van der Waals surface area contributed by atoms with Crippen LogP contribution in [0.1, 0.15) is 36.5 Å². The molecule has 0 bridgehead atoms. The maximum Gasteiger partial charge on any atom is 0.253 e. The SMILES string of the molecule is C[C@@H]1CCCN1[C@H]1CCN(C(=O)c2ccc(-n3cnc4ccccc43)cc2)C1. The molecule has 2 saturated heterocycles. The first-order valence-corrected chi connectivity index (χ1v) is 10.3. The van der Waals surface area contributed by atoms with Crippen LogP contribution in [-0.2, 0) is 0 Å². The Balaban J connectivity index is 1.31. The predicted molar refractivity (Wildman–Crippen MR) is 111 cm³/mol. The highest BCUT2D eigenvalue weighted by molar-refractivity contribution is 5.94. The van der Waals surface area contributed by atoms with E-state index in [-0.39, 0.29) is 5.91 Å². The second kappa shape index (κ2) is 7.06. The summed E-state index contributed by atoms with van der Waals surface area (Å²) in [5.74, 6) is 0.149. The molecule has 5 heteroatoms. The molecule has 0 unspecified atom stereocenters. The molecular formula is C23H26N4O. The van der Waals surface area contributed by atoms with Crippen molar-refractivity contribution in [2.45, 2.75) is 38.3 Å². The molecule has 2 atom stereocenters. The van der Waals surface area contributed by atoms with E-state index in [0.717, 1.165) is 41.8 Å². The summed E-state index contributed by atoms with van der Waals surface area (Å²) in [7, 11) is 0. The molecule has 3 heterocycles. The molecule has 0 N–H and O–H groups in total. The lowest BCUT2D eigenvalue weighted by Crippen LogP contribution is -2.40. The van der Waals surface area contributed by atoms with Crippen molar-refractivity contribution < 1.29 is 4.79 Å². The van der Waals surface area contributed by atoms with Crippen LogP contribution in [0.5, 0.6) is 0 Å². The van der Waals surface area contributed by atoms with E-state index in [0.29, 0.717) is 12.1 Å². The fraction of sp³-hybridized carbons (Fsp3) is 0.391. The van der Waals surface area contributed by atoms with Crippen LogP contribution in [0.3, 0.4) is 0 Å². The minimum atomic E-state index is 0.149. The highest BCUT2D eigenvalue weighted by atomic mass is 16.2. The third kappa shape index (κ3) is 3.00. The number of amides is 1. The Hall–Kier alpha value is -2.66. The lowest BCUT2D eigenvalue weighted by atomic mass is 10.1. The molecule has 144 valence electrons. The Kier molecular flexibility index (Phi) is 4.40. The lowest BCUT2D eigenvalue weighted by Gasteiger charge is -2.28. The van der Waals surface area contributed by atoms with Crippen molar-refractivity contribution in [2.24, 2.45) is 0 Å². The number of carbonyl (C=O) groups excluding carboxylic acids is 1. The minimum Gasteiger partial charge on any atom is -0.337 e. The number of nitrogens with zero attached hydrogens (tertiary/aromatic N) is 4. The van der Waals surface area contributed by atoms with Gasteiger partial charge in [0.15, 0.2) is 0 Å². The van der Waals surface area contributed by atoms with E-state index in [9.17, 15) is 4.79 Å². The van der Waals surface area contributed by atoms with Crippen molar-refractivity contribution in [3.63, 3.8) is 0 Å². The number of para-hydroxylation sites is 2. The number of aromatic nitrogens is 2. The molecule has 28 heavy (non-hydrogen) atoms. The van der Waals surface area contributed by atoms with E-state index in [2.05, 4.69) is 27.4 Å². The Morgan fingerprint density at radius 3 is 2.64 bits per heavy atom. The largest absolute Gasteiger partial charge is 0.337 e. The summed E-state index contributed by atoms with van der Waals surface area (Å²) in [4.78, 5) is 22.1. The highest BCUT2D eigenvalue weighted by Gasteiger charge is 2.34. The lowest BCUT2D eigenvalue weighted by molar-refractivity contribution is 0.0774. The second-order valence-corrected chi connectivity index (χ2v) is 8.07. The number of likely N-dealkylation sites (tertiary alicyclic amines) is 2. The van der Waals surface area contributed by atoms with Crippen molar-refractivity contribution in [2.75, 3.05) is 19.6 Å². The van der Waals surface area contributed by atoms with E-state index in [1.165, 1.54) is 19.4 Å². The van der Waals surface area contributed by atoms with Crippen molar-refractivity contribution in [3.8, 4) is 5.69 Å². The Morgan fingerprint density at radius 1 is 1.04 bits per heavy atom. The molecule has 2 aromatic carbocycles. The molecule has 2 aliphatic heterocycles. The van der Waals surface area contributed by atoms with Gasteiger partial charge in [-0.15, -0.1) is 0 Å². The first kappa shape index (κ1) is 17.4. The summed E-state index contributed by atoms with van der Waals surface area (Å²) in [5, 5.41) is 0. The zero-order valence-corrected chi connectivity index (χ0v) is 16.3. The molecule has 0 saturated carbocycles. The van der Waals surface area contributed by atoms with Crippen molar-refractivity contribution in [1.82, 2.24) is 19.4 Å². The fourth-order valence-electron chi connectivity index (χ4n) is 4.81. The van der Waals surface area contributed by atoms with Crippen LogP contribution in [0.4, 0.5) is 0 Å². The standard InChI is InChI=1S/C23H26N4O/c1-17-5-4-13-26(17)20-12-14-25(15-20)23(28)18-8-10-19(11-9-18)27-16-24-21-6-2-3-7-22(21)27/h2-3,6-11,16-17,20H,4-5,12-15H2,1H3/t17-,20+/m1/s1. The first-order valence-electron chi connectivity index (χ1n) is 10.3. The molecule has 5 rings (SSSR count). The maximum absolute atomic E-state index is 13.0. The Labute approximate surface area is 165 Å². The molecule has 1 amide bonds. The summed E-state index contributed by atoms with van der Waals surface area (Å²) >= 11 is 0. The van der Waals surface area contributed by atoms with Gasteiger partial charge in [0.05, 0.1) is 11.0 Å². The summed E-state index contributed by atoms with van der Waals surface area (Å²) in [5.41, 5.74) is 3.84. The van der Waals surface area contributed by atoms with Gasteiger partial charge in [0, 0.05) is 36.4 Å². The number of hydrogen-bond acceptors (Lipinski definition) is 3. The van der Waals surface area contributed by atoms with Gasteiger partial charge >= 0.3 is 0 Å². The van der Waals surface area contributed by atoms with E-state index in [1.807, 2.05) is 53.7 Å². The van der Waals surface area contributed by atoms with Gasteiger partial charge < -0.3 is 4.90 Å². The average molecular weight is 374 g/mol. The normalized spacial score (nSPS) is 23.0. The smallest absolute Gasteiger partial charge is 0.253 e. The van der Waals surface area contributed by atoms with E-state index in [1.54, 1.807) is 0 Å². The molecule has 2 aliphatic rings. The van der Waals surface area contributed by atoms with Gasteiger partial charge in [-0.1, -0.05) is 12.1 Å². The molecule has 5 nitrogen and oxygen atoms in total. The molecular weight excluding hydrogens is 348 g/mol. The van der Waals surface area contributed by atoms with Gasteiger partial charge in [-0.2, -0.15) is 0 Å². The zero-order chi connectivity index (χ0) is 19.1. The quantitative estimate of drug-likeness (QED) is 0.702. The van der Waals surface area contributed by atoms with Crippen LogP contribution in [0, 0.1) is 0 Å². The van der Waals surface area contributed by atoms with Crippen LogP contribution in [0.2, 0.25) is 0 Å². The number of fused-ring (bicyclic) bond motifs is 1. The van der Waals surface area contributed by atoms with Gasteiger partial charge in [0.2, 0.25) is 0 Å². The number of hydrogen-bond donors (Lipinski definition) is 0. The average Bonchev–Trinajstić information content (AvgIpc) is 3.46. The van der Waals surface area contributed by atoms with Crippen molar-refractivity contribution >= 4 is 16.9 Å². The van der Waals surface area contributed by atoms with Crippen LogP contribution in [0.15, 0.2) is 54.9 Å². The molecule has 3 aromatic rings. The van der Waals surface area contributed by atoms with Crippen LogP contribution in [-0.4, -0.2) is 57.0 Å². The molecule has 2 fully saturated rings. The Morgan fingerprint density at radius 2 is 1.86 bits per heavy atom. The third-order valence-corrected chi connectivity index (χ3v) is 6.37. The Bertz CT molecular complexity index is 993. The highest BCUT2D eigenvalue weighted by Crippen LogP contribution is 2.26. The van der Waals surface area contributed by atoms with Gasteiger partial charge in [-0.05, 0) is 69.1 Å². The summed E-state index contributed by atoms with van der Waals surface area (Å²) in [6.07, 6.45) is 5.50. The van der Waals surface area contributed by atoms with Crippen LogP contribution < -0.4 is 0 Å². The van der Waals surface area contributed by atoms with Gasteiger partial charge in [-0.25, -0.2) is 4.98 Å². The number of benzene rings is 2. The fourth-order valence-corrected chi connectivity index (χ4v) is 4.81. The minimum absolute atomic E-state index is 0.149. The topological polar surface area (TPSA) is 41.4 Å². The maximum atomic E-state index is 13.0. The molecule has 1 aromatic heterocycles. The summed E-state index contributed by atoms with van der Waals surface area (Å²) < 4.78 is 2.06. The molecule has 0 radical (unpaired) electrons. The van der Waals surface area contributed by atoms with Crippen LogP contribution >= 0.6 is 0 Å². The van der Waals surface area contributed by atoms with E-state index in [4.69, 9.17) is 0 Å². The van der Waals surface area contributed by atoms with Gasteiger partial charge in [0.1, 0.15) is 6.33 Å². The number of imidazole rings is 1. The zero-order valence-electron chi connectivity index (χ0n) is 16.3. The monoisotopic (exact) mass is 374 g/mol. The van der Waals surface area contributed by atoms with Gasteiger partial charge in [0.25, 0.3) is 5.91 Å². The first-order chi connectivity index (χ1) is 13.7. The summed E-state index contributed by atoms with van der Waals surface area (Å²) in [6, 6.07) is 17.2. The molecule has 0 spiro atoms. The van der Waals surface area contributed by atoms with Crippen LogP contribution in [0.25, 0.3) is 16.7 Å². The predicted octanol–water partition coefficient (Wildman–Crippen LogP) is 3.72. The van der Waals surface area contributed by atoms with E-state index >= 15 is 0 Å². The number of carbonyl (C=O) groups is 1. The third-order valence-electron chi connectivity index (χ3n) is 6.37. The van der Waals surface area contributed by atoms with Crippen molar-refractivity contribution in [3.05, 3.63) is 60.4 Å². The van der Waals surface area contributed by atoms with E-state index < -0.39 is 0 Å². The van der Waals surface area contributed by atoms with Crippen molar-refractivity contribution in [1.29, 1.82) is 0 Å². The van der Waals surface area contributed by atoms with Gasteiger partial charge in [-0.3, -0.25) is 14.3 Å². The second-order valence-electron chi connectivity index (χ2n) is 8.07.